The smallest absolute Gasteiger partial charge is 0.228 e. The number of anilines is 1. The van der Waals surface area contributed by atoms with Gasteiger partial charge < -0.3 is 5.32 Å². The average molecular weight is 348 g/mol. The Morgan fingerprint density at radius 3 is 2.74 bits per heavy atom. The molecular formula is C15H11Cl2N5O. The first kappa shape index (κ1) is 15.5. The molecule has 0 unspecified atom stereocenters. The maximum absolute atomic E-state index is 12.1. The second-order valence-corrected chi connectivity index (χ2v) is 5.59. The molecule has 3 aromatic rings. The quantitative estimate of drug-likeness (QED) is 0.786. The van der Waals surface area contributed by atoms with Gasteiger partial charge in [-0.2, -0.15) is 0 Å². The summed E-state index contributed by atoms with van der Waals surface area (Å²) in [7, 11) is 0. The van der Waals surface area contributed by atoms with Crippen LogP contribution in [0, 0.1) is 0 Å². The van der Waals surface area contributed by atoms with Gasteiger partial charge in [0.1, 0.15) is 6.33 Å². The lowest BCUT2D eigenvalue weighted by Gasteiger charge is -2.08. The maximum atomic E-state index is 12.1. The predicted molar refractivity (Wildman–Crippen MR) is 87.9 cm³/mol. The summed E-state index contributed by atoms with van der Waals surface area (Å²) in [5.74, 6) is -0.155. The fraction of sp³-hybridized carbons (Fsp3) is 0.0667. The van der Waals surface area contributed by atoms with E-state index in [1.165, 1.54) is 11.0 Å². The number of carbonyl (C=O) groups is 1. The Balaban J connectivity index is 1.70. The molecule has 0 saturated heterocycles. The highest BCUT2D eigenvalue weighted by molar-refractivity contribution is 6.42. The van der Waals surface area contributed by atoms with Gasteiger partial charge in [-0.15, -0.1) is 5.10 Å². The summed E-state index contributed by atoms with van der Waals surface area (Å²) in [6, 6.07) is 12.3. The van der Waals surface area contributed by atoms with Gasteiger partial charge in [-0.3, -0.25) is 4.79 Å². The number of amides is 1. The number of carbonyl (C=O) groups excluding carboxylic acids is 1. The van der Waals surface area contributed by atoms with Gasteiger partial charge in [0.05, 0.1) is 22.2 Å². The molecular weight excluding hydrogens is 337 g/mol. The number of hydrogen-bond acceptors (Lipinski definition) is 4. The van der Waals surface area contributed by atoms with Crippen LogP contribution in [0.25, 0.3) is 5.69 Å². The molecule has 3 rings (SSSR count). The third-order valence-electron chi connectivity index (χ3n) is 3.09. The molecule has 0 saturated carbocycles. The lowest BCUT2D eigenvalue weighted by molar-refractivity contribution is -0.115. The molecule has 6 nitrogen and oxygen atoms in total. The summed E-state index contributed by atoms with van der Waals surface area (Å²) < 4.78 is 1.51. The van der Waals surface area contributed by atoms with Crippen LogP contribution in [0.5, 0.6) is 0 Å². The highest BCUT2D eigenvalue weighted by atomic mass is 35.5. The molecule has 1 aromatic heterocycles. The zero-order valence-corrected chi connectivity index (χ0v) is 13.3. The zero-order valence-electron chi connectivity index (χ0n) is 11.8. The third-order valence-corrected chi connectivity index (χ3v) is 3.83. The van der Waals surface area contributed by atoms with E-state index in [0.717, 1.165) is 11.3 Å². The zero-order chi connectivity index (χ0) is 16.2. The summed E-state index contributed by atoms with van der Waals surface area (Å²) in [5, 5.41) is 14.7. The van der Waals surface area contributed by atoms with E-state index in [2.05, 4.69) is 20.8 Å². The van der Waals surface area contributed by atoms with Gasteiger partial charge in [0.2, 0.25) is 5.91 Å². The highest BCUT2D eigenvalue weighted by Crippen LogP contribution is 2.23. The van der Waals surface area contributed by atoms with E-state index in [4.69, 9.17) is 23.2 Å². The summed E-state index contributed by atoms with van der Waals surface area (Å²) >= 11 is 11.8. The van der Waals surface area contributed by atoms with Crippen LogP contribution in [-0.4, -0.2) is 26.1 Å². The van der Waals surface area contributed by atoms with Crippen LogP contribution >= 0.6 is 23.2 Å². The van der Waals surface area contributed by atoms with Crippen molar-refractivity contribution in [1.82, 2.24) is 20.2 Å². The number of hydrogen-bond donors (Lipinski definition) is 1. The van der Waals surface area contributed by atoms with Crippen molar-refractivity contribution >= 4 is 34.8 Å². The van der Waals surface area contributed by atoms with E-state index >= 15 is 0 Å². The van der Waals surface area contributed by atoms with Crippen LogP contribution in [-0.2, 0) is 11.2 Å². The van der Waals surface area contributed by atoms with E-state index in [1.807, 2.05) is 12.1 Å². The van der Waals surface area contributed by atoms with Crippen molar-refractivity contribution in [1.29, 1.82) is 0 Å². The van der Waals surface area contributed by atoms with E-state index in [-0.39, 0.29) is 12.3 Å². The molecule has 1 heterocycles. The van der Waals surface area contributed by atoms with Crippen LogP contribution in [0.4, 0.5) is 5.69 Å². The number of benzene rings is 2. The Bertz CT molecular complexity index is 836. The maximum Gasteiger partial charge on any atom is 0.228 e. The van der Waals surface area contributed by atoms with Crippen LogP contribution < -0.4 is 5.32 Å². The summed E-state index contributed by atoms with van der Waals surface area (Å²) in [4.78, 5) is 12.1. The van der Waals surface area contributed by atoms with E-state index in [9.17, 15) is 4.79 Å². The number of nitrogens with zero attached hydrogens (tertiary/aromatic N) is 4. The van der Waals surface area contributed by atoms with E-state index in [1.54, 1.807) is 30.3 Å². The topological polar surface area (TPSA) is 72.7 Å². The van der Waals surface area contributed by atoms with Crippen molar-refractivity contribution in [3.8, 4) is 5.69 Å². The first-order valence-corrected chi connectivity index (χ1v) is 7.44. The van der Waals surface area contributed by atoms with Crippen LogP contribution in [0.2, 0.25) is 10.0 Å². The molecule has 0 aliphatic carbocycles. The van der Waals surface area contributed by atoms with Crippen molar-refractivity contribution in [2.75, 3.05) is 5.32 Å². The molecule has 0 spiro atoms. The monoisotopic (exact) mass is 347 g/mol. The average Bonchev–Trinajstić information content (AvgIpc) is 3.05. The molecule has 1 amide bonds. The molecule has 116 valence electrons. The summed E-state index contributed by atoms with van der Waals surface area (Å²) in [6.07, 6.45) is 1.68. The molecule has 8 heteroatoms. The van der Waals surface area contributed by atoms with Gasteiger partial charge in [0.25, 0.3) is 0 Å². The second-order valence-electron chi connectivity index (χ2n) is 4.78. The molecule has 0 bridgehead atoms. The van der Waals surface area contributed by atoms with Gasteiger partial charge in [0, 0.05) is 5.69 Å². The van der Waals surface area contributed by atoms with Gasteiger partial charge >= 0.3 is 0 Å². The van der Waals surface area contributed by atoms with Crippen molar-refractivity contribution in [2.24, 2.45) is 0 Å². The molecule has 0 fully saturated rings. The van der Waals surface area contributed by atoms with Gasteiger partial charge in [-0.05, 0) is 46.3 Å². The molecule has 0 atom stereocenters. The standard InChI is InChI=1S/C15H11Cl2N5O/c16-13-5-4-10(6-14(13)17)7-15(23)19-11-2-1-3-12(8-11)22-9-18-20-21-22/h1-6,8-9H,7H2,(H,19,23). The van der Waals surface area contributed by atoms with Crippen molar-refractivity contribution in [3.63, 3.8) is 0 Å². The van der Waals surface area contributed by atoms with Crippen molar-refractivity contribution < 1.29 is 4.79 Å². The number of halogens is 2. The molecule has 0 aliphatic heterocycles. The fourth-order valence-electron chi connectivity index (χ4n) is 2.05. The fourth-order valence-corrected chi connectivity index (χ4v) is 2.37. The summed E-state index contributed by atoms with van der Waals surface area (Å²) in [6.45, 7) is 0. The number of aromatic nitrogens is 4. The molecule has 1 N–H and O–H groups in total. The van der Waals surface area contributed by atoms with Gasteiger partial charge in [-0.1, -0.05) is 35.3 Å². The molecule has 2 aromatic carbocycles. The van der Waals surface area contributed by atoms with Crippen LogP contribution in [0.3, 0.4) is 0 Å². The lowest BCUT2D eigenvalue weighted by atomic mass is 10.1. The van der Waals surface area contributed by atoms with Gasteiger partial charge in [-0.25, -0.2) is 4.68 Å². The summed E-state index contributed by atoms with van der Waals surface area (Å²) in [5.41, 5.74) is 2.19. The van der Waals surface area contributed by atoms with E-state index in [0.29, 0.717) is 15.7 Å². The Hall–Kier alpha value is -2.44. The third kappa shape index (κ3) is 3.85. The minimum atomic E-state index is -0.155. The van der Waals surface area contributed by atoms with Crippen LogP contribution in [0.15, 0.2) is 48.8 Å². The van der Waals surface area contributed by atoms with Crippen molar-refractivity contribution in [3.05, 3.63) is 64.4 Å². The number of rotatable bonds is 4. The second kappa shape index (κ2) is 6.76. The Morgan fingerprint density at radius 1 is 1.13 bits per heavy atom. The van der Waals surface area contributed by atoms with Crippen molar-refractivity contribution in [2.45, 2.75) is 6.42 Å². The first-order valence-electron chi connectivity index (χ1n) is 6.69. The highest BCUT2D eigenvalue weighted by Gasteiger charge is 2.07. The lowest BCUT2D eigenvalue weighted by Crippen LogP contribution is -2.14. The minimum absolute atomic E-state index is 0.155. The number of nitrogens with one attached hydrogen (secondary N) is 1. The van der Waals surface area contributed by atoms with E-state index < -0.39 is 0 Å². The Morgan fingerprint density at radius 2 is 2.00 bits per heavy atom. The Kier molecular flexibility index (Phi) is 4.55. The van der Waals surface area contributed by atoms with Gasteiger partial charge in [0.15, 0.2) is 0 Å². The first-order chi connectivity index (χ1) is 11.1. The number of tetrazole rings is 1. The molecule has 23 heavy (non-hydrogen) atoms. The largest absolute Gasteiger partial charge is 0.326 e. The predicted octanol–water partition coefficient (Wildman–Crippen LogP) is 3.15. The molecule has 0 aliphatic rings. The Labute approximate surface area is 142 Å². The normalized spacial score (nSPS) is 10.5. The SMILES string of the molecule is O=C(Cc1ccc(Cl)c(Cl)c1)Nc1cccc(-n2cnnn2)c1. The minimum Gasteiger partial charge on any atom is -0.326 e. The van der Waals surface area contributed by atoms with Crippen LogP contribution in [0.1, 0.15) is 5.56 Å². The molecule has 0 radical (unpaired) electrons.